The van der Waals surface area contributed by atoms with E-state index in [0.29, 0.717) is 32.7 Å². The quantitative estimate of drug-likeness (QED) is 0.773. The van der Waals surface area contributed by atoms with Crippen LogP contribution >= 0.6 is 11.8 Å². The Morgan fingerprint density at radius 2 is 2.00 bits per heavy atom. The number of carbonyl (C=O) groups is 1. The SMILES string of the molecule is CN(CC(C)(C)CN)C(=O)CCSc1ccc2c(c1)OCCO2. The van der Waals surface area contributed by atoms with Gasteiger partial charge in [-0.3, -0.25) is 4.79 Å². The average Bonchev–Trinajstić information content (AvgIpc) is 2.54. The zero-order valence-electron chi connectivity index (χ0n) is 14.1. The second kappa shape index (κ2) is 7.93. The molecule has 0 fully saturated rings. The van der Waals surface area contributed by atoms with Gasteiger partial charge in [-0.2, -0.15) is 0 Å². The van der Waals surface area contributed by atoms with E-state index < -0.39 is 0 Å². The summed E-state index contributed by atoms with van der Waals surface area (Å²) < 4.78 is 11.1. The van der Waals surface area contributed by atoms with E-state index in [4.69, 9.17) is 15.2 Å². The van der Waals surface area contributed by atoms with Crippen LogP contribution in [0, 0.1) is 5.41 Å². The lowest BCUT2D eigenvalue weighted by molar-refractivity contribution is -0.130. The number of fused-ring (bicyclic) bond motifs is 1. The van der Waals surface area contributed by atoms with Crippen molar-refractivity contribution in [3.63, 3.8) is 0 Å². The Hall–Kier alpha value is -1.40. The highest BCUT2D eigenvalue weighted by atomic mass is 32.2. The lowest BCUT2D eigenvalue weighted by Crippen LogP contribution is -2.39. The van der Waals surface area contributed by atoms with Crippen molar-refractivity contribution in [2.24, 2.45) is 11.1 Å². The summed E-state index contributed by atoms with van der Waals surface area (Å²) in [6, 6.07) is 5.91. The van der Waals surface area contributed by atoms with Crippen molar-refractivity contribution in [1.29, 1.82) is 0 Å². The van der Waals surface area contributed by atoms with Crippen molar-refractivity contribution < 1.29 is 14.3 Å². The number of hydrogen-bond donors (Lipinski definition) is 1. The van der Waals surface area contributed by atoms with Gasteiger partial charge in [0.25, 0.3) is 0 Å². The lowest BCUT2D eigenvalue weighted by Gasteiger charge is -2.29. The van der Waals surface area contributed by atoms with Gasteiger partial charge in [0.05, 0.1) is 0 Å². The number of nitrogens with zero attached hydrogens (tertiary/aromatic N) is 1. The van der Waals surface area contributed by atoms with Gasteiger partial charge in [-0.1, -0.05) is 13.8 Å². The molecule has 1 aromatic carbocycles. The summed E-state index contributed by atoms with van der Waals surface area (Å²) in [6.07, 6.45) is 0.510. The number of carbonyl (C=O) groups excluding carboxylic acids is 1. The first-order chi connectivity index (χ1) is 10.9. The summed E-state index contributed by atoms with van der Waals surface area (Å²) in [5, 5.41) is 0. The van der Waals surface area contributed by atoms with Gasteiger partial charge in [-0.25, -0.2) is 0 Å². The van der Waals surface area contributed by atoms with Gasteiger partial charge in [0, 0.05) is 30.7 Å². The van der Waals surface area contributed by atoms with Crippen LogP contribution in [0.15, 0.2) is 23.1 Å². The highest BCUT2D eigenvalue weighted by Crippen LogP contribution is 2.34. The minimum atomic E-state index is -0.0482. The van der Waals surface area contributed by atoms with Crippen LogP contribution in [0.3, 0.4) is 0 Å². The third-order valence-corrected chi connectivity index (χ3v) is 4.74. The molecule has 2 rings (SSSR count). The molecule has 0 radical (unpaired) electrons. The predicted molar refractivity (Wildman–Crippen MR) is 93.2 cm³/mol. The molecule has 0 bridgehead atoms. The zero-order valence-corrected chi connectivity index (χ0v) is 14.9. The molecule has 0 unspecified atom stereocenters. The van der Waals surface area contributed by atoms with Crippen molar-refractivity contribution in [2.75, 3.05) is 39.1 Å². The Morgan fingerprint density at radius 3 is 2.70 bits per heavy atom. The van der Waals surface area contributed by atoms with Crippen molar-refractivity contribution in [2.45, 2.75) is 25.2 Å². The van der Waals surface area contributed by atoms with E-state index in [9.17, 15) is 4.79 Å². The molecule has 0 atom stereocenters. The van der Waals surface area contributed by atoms with Gasteiger partial charge in [0.1, 0.15) is 13.2 Å². The smallest absolute Gasteiger partial charge is 0.223 e. The van der Waals surface area contributed by atoms with Crippen LogP contribution in [0.5, 0.6) is 11.5 Å². The number of thioether (sulfide) groups is 1. The molecule has 0 spiro atoms. The maximum absolute atomic E-state index is 12.2. The molecule has 1 aliphatic heterocycles. The third kappa shape index (κ3) is 5.32. The van der Waals surface area contributed by atoms with Gasteiger partial charge in [-0.15, -0.1) is 11.8 Å². The molecule has 2 N–H and O–H groups in total. The van der Waals surface area contributed by atoms with Crippen molar-refractivity contribution in [3.05, 3.63) is 18.2 Å². The second-order valence-corrected chi connectivity index (χ2v) is 7.69. The molecule has 6 heteroatoms. The minimum Gasteiger partial charge on any atom is -0.486 e. The lowest BCUT2D eigenvalue weighted by atomic mass is 9.93. The Bertz CT molecular complexity index is 549. The number of hydrogen-bond acceptors (Lipinski definition) is 5. The Kier molecular flexibility index (Phi) is 6.18. The molecule has 1 aliphatic rings. The van der Waals surface area contributed by atoms with E-state index in [1.54, 1.807) is 16.7 Å². The molecule has 0 aromatic heterocycles. The topological polar surface area (TPSA) is 64.8 Å². The average molecular weight is 338 g/mol. The highest BCUT2D eigenvalue weighted by molar-refractivity contribution is 7.99. The summed E-state index contributed by atoms with van der Waals surface area (Å²) in [5.41, 5.74) is 5.67. The monoisotopic (exact) mass is 338 g/mol. The van der Waals surface area contributed by atoms with Crippen LogP contribution in [0.4, 0.5) is 0 Å². The molecular formula is C17H26N2O3S. The number of rotatable bonds is 7. The Morgan fingerprint density at radius 1 is 1.30 bits per heavy atom. The molecule has 128 valence electrons. The Labute approximate surface area is 142 Å². The molecule has 0 saturated carbocycles. The van der Waals surface area contributed by atoms with E-state index in [-0.39, 0.29) is 11.3 Å². The summed E-state index contributed by atoms with van der Waals surface area (Å²) in [7, 11) is 1.84. The van der Waals surface area contributed by atoms with Crippen LogP contribution in [0.2, 0.25) is 0 Å². The van der Waals surface area contributed by atoms with Crippen molar-refractivity contribution in [1.82, 2.24) is 4.90 Å². The van der Waals surface area contributed by atoms with Crippen molar-refractivity contribution >= 4 is 17.7 Å². The molecular weight excluding hydrogens is 312 g/mol. The first-order valence-electron chi connectivity index (χ1n) is 7.88. The maximum Gasteiger partial charge on any atom is 0.223 e. The molecule has 1 amide bonds. The van der Waals surface area contributed by atoms with E-state index in [0.717, 1.165) is 22.1 Å². The largest absolute Gasteiger partial charge is 0.486 e. The third-order valence-electron chi connectivity index (χ3n) is 3.74. The molecule has 1 aromatic rings. The van der Waals surface area contributed by atoms with E-state index >= 15 is 0 Å². The van der Waals surface area contributed by atoms with Gasteiger partial charge in [0.2, 0.25) is 5.91 Å². The predicted octanol–water partition coefficient (Wildman–Crippen LogP) is 2.38. The summed E-state index contributed by atoms with van der Waals surface area (Å²) >= 11 is 1.65. The summed E-state index contributed by atoms with van der Waals surface area (Å²) in [4.78, 5) is 15.1. The molecule has 1 heterocycles. The van der Waals surface area contributed by atoms with Crippen molar-refractivity contribution in [3.8, 4) is 11.5 Å². The Balaban J connectivity index is 1.79. The van der Waals surface area contributed by atoms with Crippen LogP contribution in [0.25, 0.3) is 0 Å². The zero-order chi connectivity index (χ0) is 16.9. The number of amides is 1. The fraction of sp³-hybridized carbons (Fsp3) is 0.588. The van der Waals surface area contributed by atoms with E-state index in [1.165, 1.54) is 0 Å². The molecule has 0 saturated heterocycles. The summed E-state index contributed by atoms with van der Waals surface area (Å²) in [6.45, 7) is 6.57. The molecule has 23 heavy (non-hydrogen) atoms. The number of nitrogens with two attached hydrogens (primary N) is 1. The highest BCUT2D eigenvalue weighted by Gasteiger charge is 2.21. The molecule has 5 nitrogen and oxygen atoms in total. The number of ether oxygens (including phenoxy) is 2. The second-order valence-electron chi connectivity index (χ2n) is 6.52. The maximum atomic E-state index is 12.2. The van der Waals surface area contributed by atoms with Crippen LogP contribution in [-0.4, -0.2) is 49.9 Å². The van der Waals surface area contributed by atoms with Gasteiger partial charge >= 0.3 is 0 Å². The summed E-state index contributed by atoms with van der Waals surface area (Å²) in [5.74, 6) is 2.47. The first-order valence-corrected chi connectivity index (χ1v) is 8.86. The van der Waals surface area contributed by atoms with Gasteiger partial charge in [-0.05, 0) is 30.2 Å². The molecule has 0 aliphatic carbocycles. The van der Waals surface area contributed by atoms with E-state index in [2.05, 4.69) is 13.8 Å². The number of benzene rings is 1. The normalized spacial score (nSPS) is 13.7. The van der Waals surface area contributed by atoms with Crippen LogP contribution < -0.4 is 15.2 Å². The minimum absolute atomic E-state index is 0.0482. The van der Waals surface area contributed by atoms with E-state index in [1.807, 2.05) is 25.2 Å². The first kappa shape index (κ1) is 17.9. The van der Waals surface area contributed by atoms with Crippen LogP contribution in [0.1, 0.15) is 20.3 Å². The van der Waals surface area contributed by atoms with Crippen LogP contribution in [-0.2, 0) is 4.79 Å². The fourth-order valence-corrected chi connectivity index (χ4v) is 3.22. The van der Waals surface area contributed by atoms with Gasteiger partial charge in [0.15, 0.2) is 11.5 Å². The fourth-order valence-electron chi connectivity index (χ4n) is 2.36. The van der Waals surface area contributed by atoms with Gasteiger partial charge < -0.3 is 20.1 Å². The standard InChI is InChI=1S/C17H26N2O3S/c1-17(2,11-18)12-19(3)16(20)6-9-23-13-4-5-14-15(10-13)22-8-7-21-14/h4-5,10H,6-9,11-12,18H2,1-3H3.